The number of halogens is 4. The Morgan fingerprint density at radius 2 is 1.90 bits per heavy atom. The molecule has 0 aliphatic rings. The zero-order valence-electron chi connectivity index (χ0n) is 16.7. The fourth-order valence-electron chi connectivity index (χ4n) is 2.93. The minimum atomic E-state index is -4.48. The molecule has 0 unspecified atom stereocenters. The predicted octanol–water partition coefficient (Wildman–Crippen LogP) is 3.71. The van der Waals surface area contributed by atoms with Crippen molar-refractivity contribution in [3.8, 4) is 0 Å². The monoisotopic (exact) mass is 453 g/mol. The van der Waals surface area contributed by atoms with Crippen LogP contribution in [0.3, 0.4) is 0 Å². The van der Waals surface area contributed by atoms with Crippen molar-refractivity contribution >= 4 is 17.5 Å². The molecule has 11 heteroatoms. The number of nitrogens with one attached hydrogen (secondary N) is 1. The number of nitrogens with zero attached hydrogens (tertiary/aromatic N) is 4. The van der Waals surface area contributed by atoms with Gasteiger partial charge in [-0.1, -0.05) is 23.7 Å². The summed E-state index contributed by atoms with van der Waals surface area (Å²) < 4.78 is 41.1. The van der Waals surface area contributed by atoms with Gasteiger partial charge in [-0.2, -0.15) is 18.2 Å². The number of hydrogen-bond acceptors (Lipinski definition) is 5. The Kier molecular flexibility index (Phi) is 6.49. The number of benzene rings is 1. The summed E-state index contributed by atoms with van der Waals surface area (Å²) in [7, 11) is 0. The molecule has 164 valence electrons. The molecule has 2 aromatic heterocycles. The van der Waals surface area contributed by atoms with Crippen LogP contribution in [0.2, 0.25) is 5.02 Å². The third-order valence-corrected chi connectivity index (χ3v) is 4.65. The SMILES string of the molecule is CC(C)n1c(=O)nc(NCc2cccc(C(F)(F)F)c2)n(Cc2ccc(Cl)cn2)c1=O. The highest BCUT2D eigenvalue weighted by atomic mass is 35.5. The first kappa shape index (κ1) is 22.5. The Labute approximate surface area is 180 Å². The summed E-state index contributed by atoms with van der Waals surface area (Å²) in [6.07, 6.45) is -3.06. The summed E-state index contributed by atoms with van der Waals surface area (Å²) in [5.74, 6) is -0.0685. The summed E-state index contributed by atoms with van der Waals surface area (Å²) in [5, 5.41) is 3.23. The van der Waals surface area contributed by atoms with Gasteiger partial charge in [0.2, 0.25) is 5.95 Å². The van der Waals surface area contributed by atoms with Crippen LogP contribution in [0.25, 0.3) is 0 Å². The molecule has 0 bridgehead atoms. The summed E-state index contributed by atoms with van der Waals surface area (Å²) >= 11 is 5.85. The van der Waals surface area contributed by atoms with E-state index in [0.29, 0.717) is 16.3 Å². The molecule has 0 amide bonds. The van der Waals surface area contributed by atoms with Crippen molar-refractivity contribution < 1.29 is 13.2 Å². The van der Waals surface area contributed by atoms with E-state index in [2.05, 4.69) is 15.3 Å². The predicted molar refractivity (Wildman–Crippen MR) is 110 cm³/mol. The minimum Gasteiger partial charge on any atom is -0.351 e. The van der Waals surface area contributed by atoms with E-state index in [1.807, 2.05) is 0 Å². The number of alkyl halides is 3. The average Bonchev–Trinajstić information content (AvgIpc) is 2.69. The van der Waals surface area contributed by atoms with Gasteiger partial charge in [-0.3, -0.25) is 9.55 Å². The quantitative estimate of drug-likeness (QED) is 0.615. The lowest BCUT2D eigenvalue weighted by atomic mass is 10.1. The molecule has 0 atom stereocenters. The summed E-state index contributed by atoms with van der Waals surface area (Å²) in [5.41, 5.74) is -1.36. The Balaban J connectivity index is 1.98. The van der Waals surface area contributed by atoms with Crippen molar-refractivity contribution in [2.45, 2.75) is 39.2 Å². The molecule has 1 aromatic carbocycles. The van der Waals surface area contributed by atoms with E-state index >= 15 is 0 Å². The second kappa shape index (κ2) is 8.93. The van der Waals surface area contributed by atoms with Gasteiger partial charge in [0.05, 0.1) is 22.8 Å². The maximum atomic E-state index is 13.0. The molecule has 0 saturated heterocycles. The Morgan fingerprint density at radius 1 is 1.16 bits per heavy atom. The molecule has 0 aliphatic carbocycles. The molecule has 31 heavy (non-hydrogen) atoms. The van der Waals surface area contributed by atoms with Crippen LogP contribution in [0, 0.1) is 0 Å². The lowest BCUT2D eigenvalue weighted by Gasteiger charge is -2.17. The molecule has 3 rings (SSSR count). The number of aromatic nitrogens is 4. The maximum Gasteiger partial charge on any atom is 0.416 e. The maximum absolute atomic E-state index is 13.0. The molecule has 0 spiro atoms. The molecular formula is C20H19ClF3N5O2. The van der Waals surface area contributed by atoms with E-state index in [9.17, 15) is 22.8 Å². The van der Waals surface area contributed by atoms with Crippen molar-refractivity contribution in [1.29, 1.82) is 0 Å². The van der Waals surface area contributed by atoms with Crippen LogP contribution in [0.5, 0.6) is 0 Å². The van der Waals surface area contributed by atoms with Crippen LogP contribution in [0.4, 0.5) is 19.1 Å². The molecule has 0 fully saturated rings. The van der Waals surface area contributed by atoms with Gasteiger partial charge < -0.3 is 5.32 Å². The second-order valence-corrected chi connectivity index (χ2v) is 7.51. The van der Waals surface area contributed by atoms with E-state index in [1.54, 1.807) is 26.0 Å². The normalized spacial score (nSPS) is 11.7. The third kappa shape index (κ3) is 5.32. The molecule has 1 N–H and O–H groups in total. The van der Waals surface area contributed by atoms with E-state index < -0.39 is 29.2 Å². The van der Waals surface area contributed by atoms with Crippen LogP contribution in [-0.2, 0) is 19.3 Å². The first-order valence-electron chi connectivity index (χ1n) is 9.30. The smallest absolute Gasteiger partial charge is 0.351 e. The average molecular weight is 454 g/mol. The second-order valence-electron chi connectivity index (χ2n) is 7.07. The minimum absolute atomic E-state index is 0.0130. The first-order valence-corrected chi connectivity index (χ1v) is 9.68. The Bertz CT molecular complexity index is 1190. The summed E-state index contributed by atoms with van der Waals surface area (Å²) in [6, 6.07) is 7.54. The van der Waals surface area contributed by atoms with Crippen LogP contribution in [0.1, 0.15) is 36.7 Å². The zero-order chi connectivity index (χ0) is 22.8. The molecule has 0 aliphatic heterocycles. The standard InChI is InChI=1S/C20H19ClF3N5O2/c1-12(2)29-18(30)27-17(26-9-13-4-3-5-14(8-13)20(22,23)24)28(19(29)31)11-16-7-6-15(21)10-25-16/h3-8,10,12H,9,11H2,1-2H3,(H,26,27,30). The van der Waals surface area contributed by atoms with Gasteiger partial charge in [0.15, 0.2) is 0 Å². The van der Waals surface area contributed by atoms with E-state index in [4.69, 9.17) is 11.6 Å². The highest BCUT2D eigenvalue weighted by Gasteiger charge is 2.30. The van der Waals surface area contributed by atoms with E-state index in [1.165, 1.54) is 22.9 Å². The lowest BCUT2D eigenvalue weighted by Crippen LogP contribution is -2.43. The van der Waals surface area contributed by atoms with Gasteiger partial charge in [-0.15, -0.1) is 0 Å². The van der Waals surface area contributed by atoms with Crippen LogP contribution < -0.4 is 16.7 Å². The third-order valence-electron chi connectivity index (χ3n) is 4.43. The van der Waals surface area contributed by atoms with Crippen LogP contribution >= 0.6 is 11.6 Å². The largest absolute Gasteiger partial charge is 0.416 e. The first-order chi connectivity index (χ1) is 14.6. The van der Waals surface area contributed by atoms with Gasteiger partial charge in [-0.05, 0) is 43.7 Å². The van der Waals surface area contributed by atoms with Crippen LogP contribution in [-0.4, -0.2) is 19.1 Å². The van der Waals surface area contributed by atoms with Crippen LogP contribution in [0.15, 0.2) is 52.2 Å². The summed E-state index contributed by atoms with van der Waals surface area (Å²) in [4.78, 5) is 33.4. The van der Waals surface area contributed by atoms with Gasteiger partial charge >= 0.3 is 17.6 Å². The molecule has 2 heterocycles. The molecule has 3 aromatic rings. The highest BCUT2D eigenvalue weighted by molar-refractivity contribution is 6.30. The van der Waals surface area contributed by atoms with Gasteiger partial charge in [-0.25, -0.2) is 14.2 Å². The van der Waals surface area contributed by atoms with Crippen molar-refractivity contribution in [2.75, 3.05) is 5.32 Å². The number of pyridine rings is 1. The number of anilines is 1. The lowest BCUT2D eigenvalue weighted by molar-refractivity contribution is -0.137. The van der Waals surface area contributed by atoms with Gasteiger partial charge in [0.1, 0.15) is 0 Å². The Morgan fingerprint density at radius 3 is 2.52 bits per heavy atom. The topological polar surface area (TPSA) is 81.8 Å². The van der Waals surface area contributed by atoms with Gasteiger partial charge in [0, 0.05) is 18.8 Å². The van der Waals surface area contributed by atoms with E-state index in [-0.39, 0.29) is 19.0 Å². The summed E-state index contributed by atoms with van der Waals surface area (Å²) in [6.45, 7) is 3.26. The van der Waals surface area contributed by atoms with Crippen molar-refractivity contribution in [2.24, 2.45) is 0 Å². The van der Waals surface area contributed by atoms with Crippen molar-refractivity contribution in [3.05, 3.63) is 85.4 Å². The zero-order valence-corrected chi connectivity index (χ0v) is 17.4. The molecule has 7 nitrogen and oxygen atoms in total. The number of rotatable bonds is 6. The number of hydrogen-bond donors (Lipinski definition) is 1. The highest BCUT2D eigenvalue weighted by Crippen LogP contribution is 2.29. The Hall–Kier alpha value is -3.14. The van der Waals surface area contributed by atoms with E-state index in [0.717, 1.165) is 16.7 Å². The van der Waals surface area contributed by atoms with Crippen molar-refractivity contribution in [1.82, 2.24) is 19.1 Å². The molecule has 0 radical (unpaired) electrons. The fourth-order valence-corrected chi connectivity index (χ4v) is 3.04. The van der Waals surface area contributed by atoms with Crippen molar-refractivity contribution in [3.63, 3.8) is 0 Å². The van der Waals surface area contributed by atoms with Gasteiger partial charge in [0.25, 0.3) is 0 Å². The molecule has 0 saturated carbocycles. The fraction of sp³-hybridized carbons (Fsp3) is 0.300. The molecular weight excluding hydrogens is 435 g/mol.